The predicted octanol–water partition coefficient (Wildman–Crippen LogP) is 5.90. The van der Waals surface area contributed by atoms with Crippen LogP contribution in [0, 0.1) is 0 Å². The number of hydrogen-bond donors (Lipinski definition) is 0. The van der Waals surface area contributed by atoms with Crippen LogP contribution in [0.2, 0.25) is 5.02 Å². The summed E-state index contributed by atoms with van der Waals surface area (Å²) in [6.45, 7) is 0.325. The summed E-state index contributed by atoms with van der Waals surface area (Å²) in [5.74, 6) is -0.398. The number of ether oxygens (including phenoxy) is 1. The Kier molecular flexibility index (Phi) is 5.73. The predicted molar refractivity (Wildman–Crippen MR) is 155 cm³/mol. The molecule has 7 nitrogen and oxygen atoms in total. The highest BCUT2D eigenvalue weighted by atomic mass is 35.5. The first kappa shape index (κ1) is 25.1. The second-order valence-electron chi connectivity index (χ2n) is 10.1. The molecule has 0 radical (unpaired) electrons. The zero-order valence-corrected chi connectivity index (χ0v) is 22.7. The third kappa shape index (κ3) is 3.62. The number of rotatable bonds is 5. The number of carbonyl (C=O) groups is 2. The third-order valence-corrected chi connectivity index (χ3v) is 8.12. The molecule has 0 fully saturated rings. The fourth-order valence-corrected chi connectivity index (χ4v) is 6.19. The van der Waals surface area contributed by atoms with Crippen LogP contribution in [-0.2, 0) is 23.4 Å². The third-order valence-electron chi connectivity index (χ3n) is 7.88. The number of halogens is 1. The van der Waals surface area contributed by atoms with Crippen molar-refractivity contribution in [2.24, 2.45) is 0 Å². The number of para-hydroxylation sites is 1. The van der Waals surface area contributed by atoms with Gasteiger partial charge in [0, 0.05) is 17.1 Å². The van der Waals surface area contributed by atoms with Crippen molar-refractivity contribution < 1.29 is 18.7 Å². The zero-order valence-electron chi connectivity index (χ0n) is 22.0. The smallest absolute Gasteiger partial charge is 0.291 e. The molecule has 0 saturated carbocycles. The van der Waals surface area contributed by atoms with Gasteiger partial charge in [-0.1, -0.05) is 72.3 Å². The first-order valence-corrected chi connectivity index (χ1v) is 13.5. The molecule has 1 atom stereocenters. The lowest BCUT2D eigenvalue weighted by molar-refractivity contribution is -0.126. The average Bonchev–Trinajstić information content (AvgIpc) is 3.39. The van der Waals surface area contributed by atoms with Crippen LogP contribution in [0.3, 0.4) is 0 Å². The second-order valence-corrected chi connectivity index (χ2v) is 10.6. The maximum Gasteiger partial charge on any atom is 0.291 e. The highest BCUT2D eigenvalue weighted by Crippen LogP contribution is 2.53. The largest absolute Gasteiger partial charge is 0.497 e. The van der Waals surface area contributed by atoms with Gasteiger partial charge in [-0.2, -0.15) is 0 Å². The Hall–Kier alpha value is -4.88. The van der Waals surface area contributed by atoms with Crippen molar-refractivity contribution in [1.29, 1.82) is 0 Å². The minimum Gasteiger partial charge on any atom is -0.497 e. The van der Waals surface area contributed by atoms with Gasteiger partial charge in [0.2, 0.25) is 5.76 Å². The van der Waals surface area contributed by atoms with E-state index in [1.807, 2.05) is 66.7 Å². The molecule has 0 N–H and O–H groups in total. The van der Waals surface area contributed by atoms with E-state index in [2.05, 4.69) is 0 Å². The number of nitrogens with zero attached hydrogens (tertiary/aromatic N) is 2. The molecule has 1 unspecified atom stereocenters. The van der Waals surface area contributed by atoms with Crippen LogP contribution < -0.4 is 15.1 Å². The molecule has 7 rings (SSSR count). The lowest BCUT2D eigenvalue weighted by Gasteiger charge is -2.34. The minimum absolute atomic E-state index is 0.0128. The molecular formula is C33H23ClN2O5. The number of anilines is 1. The molecule has 0 aliphatic carbocycles. The van der Waals surface area contributed by atoms with Crippen LogP contribution in [0.15, 0.2) is 106 Å². The van der Waals surface area contributed by atoms with Crippen LogP contribution in [-0.4, -0.2) is 23.8 Å². The van der Waals surface area contributed by atoms with Crippen LogP contribution >= 0.6 is 11.6 Å². The Morgan fingerprint density at radius 2 is 1.54 bits per heavy atom. The second kappa shape index (κ2) is 9.35. The van der Waals surface area contributed by atoms with E-state index in [1.165, 1.54) is 11.0 Å². The number of methoxy groups -OCH3 is 1. The van der Waals surface area contributed by atoms with Crippen molar-refractivity contribution in [2.45, 2.75) is 18.6 Å². The molecule has 0 bridgehead atoms. The number of amides is 2. The normalized spacial score (nSPS) is 17.4. The average molecular weight is 563 g/mol. The summed E-state index contributed by atoms with van der Waals surface area (Å²) in [6.07, 6.45) is 0. The van der Waals surface area contributed by atoms with E-state index in [0.29, 0.717) is 22.0 Å². The molecule has 1 spiro atoms. The fourth-order valence-electron chi connectivity index (χ4n) is 6.02. The Bertz CT molecular complexity index is 1920. The Labute approximate surface area is 240 Å². The van der Waals surface area contributed by atoms with E-state index in [-0.39, 0.29) is 35.4 Å². The standard InChI is InChI=1S/C33H23ClN2O5/c1-40-23-14-11-21(12-15-23)19-36-31(38)30-28(29(37)24-17-22(34)13-16-27(24)41-30)33(36)25-9-5-6-10-26(25)35(32(33)39)18-20-7-3-2-4-8-20/h2-17H,18-19H2,1H3. The quantitative estimate of drug-likeness (QED) is 0.266. The van der Waals surface area contributed by atoms with Crippen LogP contribution in [0.5, 0.6) is 5.75 Å². The molecule has 202 valence electrons. The van der Waals surface area contributed by atoms with Gasteiger partial charge in [0.05, 0.1) is 30.3 Å². The highest BCUT2D eigenvalue weighted by Gasteiger charge is 2.65. The van der Waals surface area contributed by atoms with Crippen molar-refractivity contribution >= 4 is 40.1 Å². The maximum atomic E-state index is 14.9. The first-order valence-electron chi connectivity index (χ1n) is 13.1. The molecule has 2 aliphatic heterocycles. The molecule has 1 aromatic heterocycles. The molecule has 41 heavy (non-hydrogen) atoms. The number of hydrogen-bond acceptors (Lipinski definition) is 5. The van der Waals surface area contributed by atoms with Gasteiger partial charge in [-0.05, 0) is 47.5 Å². The van der Waals surface area contributed by atoms with Gasteiger partial charge >= 0.3 is 0 Å². The minimum atomic E-state index is -1.73. The Morgan fingerprint density at radius 3 is 2.29 bits per heavy atom. The van der Waals surface area contributed by atoms with E-state index in [9.17, 15) is 14.4 Å². The summed E-state index contributed by atoms with van der Waals surface area (Å²) in [5, 5.41) is 0.559. The van der Waals surface area contributed by atoms with Crippen LogP contribution in [0.1, 0.15) is 32.8 Å². The van der Waals surface area contributed by atoms with Gasteiger partial charge in [-0.15, -0.1) is 0 Å². The van der Waals surface area contributed by atoms with Gasteiger partial charge in [-0.25, -0.2) is 0 Å². The summed E-state index contributed by atoms with van der Waals surface area (Å²) in [6, 6.07) is 28.9. The Balaban J connectivity index is 1.50. The van der Waals surface area contributed by atoms with E-state index in [4.69, 9.17) is 20.8 Å². The molecule has 8 heteroatoms. The molecule has 3 heterocycles. The number of benzene rings is 4. The van der Waals surface area contributed by atoms with Crippen LogP contribution in [0.4, 0.5) is 5.69 Å². The fraction of sp³-hybridized carbons (Fsp3) is 0.121. The summed E-state index contributed by atoms with van der Waals surface area (Å²) in [7, 11) is 1.58. The maximum absolute atomic E-state index is 14.9. The molecular weight excluding hydrogens is 540 g/mol. The monoisotopic (exact) mass is 562 g/mol. The summed E-state index contributed by atoms with van der Waals surface area (Å²) >= 11 is 6.26. The first-order chi connectivity index (χ1) is 19.9. The van der Waals surface area contributed by atoms with Gasteiger partial charge < -0.3 is 19.0 Å². The SMILES string of the molecule is COc1ccc(CN2C(=O)c3oc4ccc(Cl)cc4c(=O)c3C23C(=O)N(Cc2ccccc2)c2ccccc23)cc1. The van der Waals surface area contributed by atoms with Gasteiger partial charge in [-0.3, -0.25) is 14.4 Å². The summed E-state index contributed by atoms with van der Waals surface area (Å²) in [5.41, 5.74) is 0.914. The molecule has 4 aromatic carbocycles. The summed E-state index contributed by atoms with van der Waals surface area (Å²) in [4.78, 5) is 46.5. The lowest BCUT2D eigenvalue weighted by atomic mass is 9.83. The summed E-state index contributed by atoms with van der Waals surface area (Å²) < 4.78 is 11.4. The Morgan fingerprint density at radius 1 is 0.829 bits per heavy atom. The van der Waals surface area contributed by atoms with E-state index in [1.54, 1.807) is 36.3 Å². The number of fused-ring (bicyclic) bond motifs is 5. The molecule has 5 aromatic rings. The van der Waals surface area contributed by atoms with E-state index < -0.39 is 22.8 Å². The highest BCUT2D eigenvalue weighted by molar-refractivity contribution is 6.31. The lowest BCUT2D eigenvalue weighted by Crippen LogP contribution is -2.52. The van der Waals surface area contributed by atoms with Crippen LogP contribution in [0.25, 0.3) is 11.0 Å². The topological polar surface area (TPSA) is 80.1 Å². The molecule has 2 aliphatic rings. The van der Waals surface area contributed by atoms with E-state index in [0.717, 1.165) is 11.1 Å². The van der Waals surface area contributed by atoms with Crippen molar-refractivity contribution in [1.82, 2.24) is 4.90 Å². The zero-order chi connectivity index (χ0) is 28.3. The van der Waals surface area contributed by atoms with Crippen molar-refractivity contribution in [3.05, 3.63) is 140 Å². The number of carbonyl (C=O) groups excluding carboxylic acids is 2. The van der Waals surface area contributed by atoms with Crippen molar-refractivity contribution in [3.63, 3.8) is 0 Å². The van der Waals surface area contributed by atoms with E-state index >= 15 is 0 Å². The van der Waals surface area contributed by atoms with Gasteiger partial charge in [0.25, 0.3) is 11.8 Å². The molecule has 2 amide bonds. The van der Waals surface area contributed by atoms with Crippen molar-refractivity contribution in [2.75, 3.05) is 12.0 Å². The van der Waals surface area contributed by atoms with Gasteiger partial charge in [0.15, 0.2) is 11.0 Å². The van der Waals surface area contributed by atoms with Gasteiger partial charge in [0.1, 0.15) is 11.3 Å². The van der Waals surface area contributed by atoms with Crippen molar-refractivity contribution in [3.8, 4) is 5.75 Å². The molecule has 0 saturated heterocycles.